The first-order valence-corrected chi connectivity index (χ1v) is 7.14. The lowest BCUT2D eigenvalue weighted by Crippen LogP contribution is -2.47. The first-order chi connectivity index (χ1) is 7.72. The Labute approximate surface area is 101 Å². The number of rotatable bonds is 6. The van der Waals surface area contributed by atoms with Crippen LogP contribution in [0.15, 0.2) is 0 Å². The van der Waals surface area contributed by atoms with Crippen LogP contribution in [0, 0.1) is 5.92 Å². The summed E-state index contributed by atoms with van der Waals surface area (Å²) in [5.41, 5.74) is 0. The average Bonchev–Trinajstić information content (AvgIpc) is 2.29. The predicted octanol–water partition coefficient (Wildman–Crippen LogP) is 3.05. The minimum atomic E-state index is -0.0837. The Bertz CT molecular complexity index is 184. The highest BCUT2D eigenvalue weighted by atomic mass is 16.3. The third kappa shape index (κ3) is 3.74. The summed E-state index contributed by atoms with van der Waals surface area (Å²) in [6.45, 7) is 8.92. The molecule has 1 saturated carbocycles. The van der Waals surface area contributed by atoms with Crippen molar-refractivity contribution in [2.75, 3.05) is 13.1 Å². The van der Waals surface area contributed by atoms with E-state index in [1.165, 1.54) is 32.1 Å². The van der Waals surface area contributed by atoms with Crippen LogP contribution in [0.25, 0.3) is 0 Å². The van der Waals surface area contributed by atoms with E-state index < -0.39 is 0 Å². The normalized spacial score (nSPS) is 30.9. The minimum absolute atomic E-state index is 0.0837. The zero-order valence-electron chi connectivity index (χ0n) is 11.3. The van der Waals surface area contributed by atoms with Crippen molar-refractivity contribution in [2.24, 2.45) is 5.92 Å². The van der Waals surface area contributed by atoms with Gasteiger partial charge in [-0.15, -0.1) is 0 Å². The monoisotopic (exact) mass is 227 g/mol. The van der Waals surface area contributed by atoms with Gasteiger partial charge >= 0.3 is 0 Å². The first kappa shape index (κ1) is 14.0. The second kappa shape index (κ2) is 7.29. The molecule has 1 aliphatic rings. The molecule has 0 amide bonds. The van der Waals surface area contributed by atoms with E-state index in [1.54, 1.807) is 0 Å². The molecule has 2 nitrogen and oxygen atoms in total. The van der Waals surface area contributed by atoms with Crippen molar-refractivity contribution < 1.29 is 5.11 Å². The Hall–Kier alpha value is -0.0800. The van der Waals surface area contributed by atoms with Crippen molar-refractivity contribution in [3.63, 3.8) is 0 Å². The molecular formula is C14H29NO. The van der Waals surface area contributed by atoms with Crippen LogP contribution in [-0.2, 0) is 0 Å². The van der Waals surface area contributed by atoms with Crippen molar-refractivity contribution >= 4 is 0 Å². The van der Waals surface area contributed by atoms with Gasteiger partial charge in [-0.25, -0.2) is 0 Å². The van der Waals surface area contributed by atoms with Crippen molar-refractivity contribution in [3.8, 4) is 0 Å². The molecule has 0 saturated heterocycles. The Morgan fingerprint density at radius 1 is 1.12 bits per heavy atom. The molecule has 0 aliphatic heterocycles. The van der Waals surface area contributed by atoms with E-state index in [-0.39, 0.29) is 6.10 Å². The van der Waals surface area contributed by atoms with Gasteiger partial charge in [0.25, 0.3) is 0 Å². The molecule has 16 heavy (non-hydrogen) atoms. The molecular weight excluding hydrogens is 198 g/mol. The fraction of sp³-hybridized carbons (Fsp3) is 1.00. The maximum Gasteiger partial charge on any atom is 0.0695 e. The third-order valence-corrected chi connectivity index (χ3v) is 3.97. The molecule has 0 bridgehead atoms. The van der Waals surface area contributed by atoms with Gasteiger partial charge in [0.05, 0.1) is 6.10 Å². The maximum atomic E-state index is 10.1. The van der Waals surface area contributed by atoms with E-state index in [0.29, 0.717) is 6.04 Å². The lowest BCUT2D eigenvalue weighted by molar-refractivity contribution is 0.00368. The number of aliphatic hydroxyl groups excluding tert-OH is 1. The Kier molecular flexibility index (Phi) is 6.37. The van der Waals surface area contributed by atoms with Gasteiger partial charge in [-0.3, -0.25) is 4.90 Å². The number of hydrogen-bond donors (Lipinski definition) is 1. The van der Waals surface area contributed by atoms with Crippen LogP contribution in [0.1, 0.15) is 59.3 Å². The highest BCUT2D eigenvalue weighted by Gasteiger charge is 2.31. The Morgan fingerprint density at radius 2 is 1.88 bits per heavy atom. The molecule has 1 fully saturated rings. The van der Waals surface area contributed by atoms with Gasteiger partial charge in [0, 0.05) is 6.04 Å². The van der Waals surface area contributed by atoms with E-state index in [0.717, 1.165) is 25.4 Å². The molecule has 3 unspecified atom stereocenters. The molecule has 1 aliphatic carbocycles. The van der Waals surface area contributed by atoms with Crippen LogP contribution in [0.5, 0.6) is 0 Å². The Balaban J connectivity index is 2.52. The molecule has 3 atom stereocenters. The fourth-order valence-corrected chi connectivity index (χ4v) is 3.12. The molecule has 0 radical (unpaired) electrons. The van der Waals surface area contributed by atoms with E-state index in [4.69, 9.17) is 0 Å². The number of hydrogen-bond acceptors (Lipinski definition) is 2. The highest BCUT2D eigenvalue weighted by molar-refractivity contribution is 4.86. The maximum absolute atomic E-state index is 10.1. The molecule has 0 aromatic heterocycles. The summed E-state index contributed by atoms with van der Waals surface area (Å²) in [6, 6.07) is 0.426. The van der Waals surface area contributed by atoms with Gasteiger partial charge in [-0.05, 0) is 44.7 Å². The minimum Gasteiger partial charge on any atom is -0.391 e. The number of nitrogens with zero attached hydrogens (tertiary/aromatic N) is 1. The molecule has 1 N–H and O–H groups in total. The van der Waals surface area contributed by atoms with Crippen molar-refractivity contribution in [2.45, 2.75) is 71.4 Å². The molecule has 0 aromatic rings. The zero-order valence-corrected chi connectivity index (χ0v) is 11.3. The fourth-order valence-electron chi connectivity index (χ4n) is 3.12. The van der Waals surface area contributed by atoms with Crippen molar-refractivity contribution in [1.29, 1.82) is 0 Å². The second-order valence-electron chi connectivity index (χ2n) is 5.23. The molecule has 96 valence electrons. The summed E-state index contributed by atoms with van der Waals surface area (Å²) in [7, 11) is 0. The molecule has 2 heteroatoms. The summed E-state index contributed by atoms with van der Waals surface area (Å²) in [5.74, 6) is 0.851. The standard InChI is InChI=1S/C14H29NO/c1-4-7-12-8-9-14(16)13(11-12)15(6-3)10-5-2/h12-14,16H,4-11H2,1-3H3. The van der Waals surface area contributed by atoms with E-state index in [1.807, 2.05) is 0 Å². The molecule has 0 spiro atoms. The van der Waals surface area contributed by atoms with Crippen LogP contribution in [-0.4, -0.2) is 35.2 Å². The van der Waals surface area contributed by atoms with Crippen molar-refractivity contribution in [1.82, 2.24) is 4.90 Å². The van der Waals surface area contributed by atoms with Gasteiger partial charge < -0.3 is 5.11 Å². The lowest BCUT2D eigenvalue weighted by Gasteiger charge is -2.40. The summed E-state index contributed by atoms with van der Waals surface area (Å²) in [5, 5.41) is 10.1. The van der Waals surface area contributed by atoms with E-state index >= 15 is 0 Å². The van der Waals surface area contributed by atoms with Crippen LogP contribution >= 0.6 is 0 Å². The smallest absolute Gasteiger partial charge is 0.0695 e. The summed E-state index contributed by atoms with van der Waals surface area (Å²) >= 11 is 0. The van der Waals surface area contributed by atoms with E-state index in [2.05, 4.69) is 25.7 Å². The SMILES string of the molecule is CCCC1CCC(O)C(N(CC)CCC)C1. The van der Waals surface area contributed by atoms with Gasteiger partial charge in [0.2, 0.25) is 0 Å². The van der Waals surface area contributed by atoms with E-state index in [9.17, 15) is 5.11 Å². The first-order valence-electron chi connectivity index (χ1n) is 7.14. The second-order valence-corrected chi connectivity index (χ2v) is 5.23. The van der Waals surface area contributed by atoms with Crippen LogP contribution in [0.4, 0.5) is 0 Å². The topological polar surface area (TPSA) is 23.5 Å². The summed E-state index contributed by atoms with van der Waals surface area (Å²) in [6.07, 6.45) is 7.18. The van der Waals surface area contributed by atoms with Gasteiger partial charge in [-0.1, -0.05) is 33.6 Å². The molecule has 0 aromatic carbocycles. The highest BCUT2D eigenvalue weighted by Crippen LogP contribution is 2.31. The van der Waals surface area contributed by atoms with Gasteiger partial charge in [-0.2, -0.15) is 0 Å². The number of aliphatic hydroxyl groups is 1. The summed E-state index contributed by atoms with van der Waals surface area (Å²) < 4.78 is 0. The van der Waals surface area contributed by atoms with Crippen LogP contribution < -0.4 is 0 Å². The summed E-state index contributed by atoms with van der Waals surface area (Å²) in [4.78, 5) is 2.48. The molecule has 1 rings (SSSR count). The molecule has 0 heterocycles. The lowest BCUT2D eigenvalue weighted by atomic mass is 9.80. The van der Waals surface area contributed by atoms with Gasteiger partial charge in [0.15, 0.2) is 0 Å². The van der Waals surface area contributed by atoms with Gasteiger partial charge in [0.1, 0.15) is 0 Å². The van der Waals surface area contributed by atoms with Crippen molar-refractivity contribution in [3.05, 3.63) is 0 Å². The largest absolute Gasteiger partial charge is 0.391 e. The zero-order chi connectivity index (χ0) is 12.0. The Morgan fingerprint density at radius 3 is 2.44 bits per heavy atom. The number of likely N-dealkylation sites (N-methyl/N-ethyl adjacent to an activating group) is 1. The quantitative estimate of drug-likeness (QED) is 0.754. The average molecular weight is 227 g/mol. The van der Waals surface area contributed by atoms with Crippen LogP contribution in [0.3, 0.4) is 0 Å². The van der Waals surface area contributed by atoms with Crippen LogP contribution in [0.2, 0.25) is 0 Å². The third-order valence-electron chi connectivity index (χ3n) is 3.97. The predicted molar refractivity (Wildman–Crippen MR) is 69.6 cm³/mol.